The summed E-state index contributed by atoms with van der Waals surface area (Å²) in [7, 11) is 0. The summed E-state index contributed by atoms with van der Waals surface area (Å²) in [5.74, 6) is 0.670. The highest BCUT2D eigenvalue weighted by atomic mass is 16.2. The molecule has 0 radical (unpaired) electrons. The molecular formula is C12H14N2O. The van der Waals surface area contributed by atoms with Gasteiger partial charge in [-0.3, -0.25) is 9.69 Å². The van der Waals surface area contributed by atoms with Gasteiger partial charge in [0.1, 0.15) is 5.82 Å². The number of carbonyl (C=O) groups excluding carboxylic acids is 1. The summed E-state index contributed by atoms with van der Waals surface area (Å²) in [6.45, 7) is 0.744. The molecule has 2 N–H and O–H groups in total. The van der Waals surface area contributed by atoms with Crippen molar-refractivity contribution in [1.29, 1.82) is 0 Å². The van der Waals surface area contributed by atoms with E-state index in [1.54, 1.807) is 4.90 Å². The fourth-order valence-corrected chi connectivity index (χ4v) is 1.72. The van der Waals surface area contributed by atoms with E-state index in [0.29, 0.717) is 12.2 Å². The molecule has 78 valence electrons. The van der Waals surface area contributed by atoms with Crippen LogP contribution in [-0.2, 0) is 4.79 Å². The molecule has 1 amide bonds. The van der Waals surface area contributed by atoms with Gasteiger partial charge in [0.15, 0.2) is 0 Å². The van der Waals surface area contributed by atoms with Gasteiger partial charge in [-0.15, -0.1) is 0 Å². The number of hydrogen-bond donors (Lipinski definition) is 1. The van der Waals surface area contributed by atoms with Crippen molar-refractivity contribution in [1.82, 2.24) is 4.90 Å². The molecule has 1 aliphatic rings. The number of rotatable bonds is 2. The Labute approximate surface area is 89.2 Å². The zero-order valence-electron chi connectivity index (χ0n) is 8.52. The van der Waals surface area contributed by atoms with Crippen LogP contribution in [0.4, 0.5) is 0 Å². The van der Waals surface area contributed by atoms with Crippen LogP contribution in [0.1, 0.15) is 18.4 Å². The number of hydrogen-bond acceptors (Lipinski definition) is 2. The van der Waals surface area contributed by atoms with Crippen molar-refractivity contribution in [3.63, 3.8) is 0 Å². The molecule has 0 atom stereocenters. The predicted molar refractivity (Wildman–Crippen MR) is 59.6 cm³/mol. The average molecular weight is 202 g/mol. The smallest absolute Gasteiger partial charge is 0.228 e. The molecule has 0 aromatic heterocycles. The number of carbonyl (C=O) groups is 1. The summed E-state index contributed by atoms with van der Waals surface area (Å²) in [6.07, 6.45) is 3.36. The molecule has 3 nitrogen and oxygen atoms in total. The van der Waals surface area contributed by atoms with Crippen molar-refractivity contribution in [3.05, 3.63) is 41.7 Å². The summed E-state index contributed by atoms with van der Waals surface area (Å²) >= 11 is 0. The highest BCUT2D eigenvalue weighted by Gasteiger charge is 2.21. The Balaban J connectivity index is 2.17. The van der Waals surface area contributed by atoms with Crippen LogP contribution < -0.4 is 5.73 Å². The Morgan fingerprint density at radius 2 is 2.07 bits per heavy atom. The number of benzene rings is 1. The van der Waals surface area contributed by atoms with Crippen LogP contribution in [0.25, 0.3) is 6.08 Å². The summed E-state index contributed by atoms with van der Waals surface area (Å²) < 4.78 is 0. The minimum Gasteiger partial charge on any atom is -0.385 e. The standard InChI is InChI=1S/C12H14N2O/c13-11(14-8-4-7-12(14)15)9-10-5-2-1-3-6-10/h1-3,5-6,9H,4,7-8,13H2/b11-9+. The molecule has 0 unspecified atom stereocenters. The average Bonchev–Trinajstić information content (AvgIpc) is 2.66. The van der Waals surface area contributed by atoms with Gasteiger partial charge < -0.3 is 5.73 Å². The van der Waals surface area contributed by atoms with E-state index in [2.05, 4.69) is 0 Å². The van der Waals surface area contributed by atoms with Gasteiger partial charge in [0, 0.05) is 13.0 Å². The molecule has 2 rings (SSSR count). The van der Waals surface area contributed by atoms with Gasteiger partial charge in [-0.05, 0) is 18.1 Å². The lowest BCUT2D eigenvalue weighted by atomic mass is 10.2. The van der Waals surface area contributed by atoms with E-state index in [-0.39, 0.29) is 5.91 Å². The van der Waals surface area contributed by atoms with E-state index >= 15 is 0 Å². The predicted octanol–water partition coefficient (Wildman–Crippen LogP) is 1.57. The first-order valence-corrected chi connectivity index (χ1v) is 5.10. The second-order valence-electron chi connectivity index (χ2n) is 3.63. The van der Waals surface area contributed by atoms with E-state index in [4.69, 9.17) is 5.73 Å². The summed E-state index contributed by atoms with van der Waals surface area (Å²) in [4.78, 5) is 13.1. The van der Waals surface area contributed by atoms with E-state index in [1.165, 1.54) is 0 Å². The van der Waals surface area contributed by atoms with E-state index in [1.807, 2.05) is 36.4 Å². The second kappa shape index (κ2) is 4.17. The van der Waals surface area contributed by atoms with Crippen LogP contribution in [0.15, 0.2) is 36.2 Å². The molecule has 1 fully saturated rings. The molecule has 1 heterocycles. The maximum Gasteiger partial charge on any atom is 0.228 e. The number of amides is 1. The molecule has 1 aromatic rings. The van der Waals surface area contributed by atoms with Crippen molar-refractivity contribution in [2.45, 2.75) is 12.8 Å². The zero-order valence-corrected chi connectivity index (χ0v) is 8.52. The lowest BCUT2D eigenvalue weighted by Crippen LogP contribution is -2.28. The van der Waals surface area contributed by atoms with Gasteiger partial charge in [-0.25, -0.2) is 0 Å². The van der Waals surface area contributed by atoms with Crippen molar-refractivity contribution >= 4 is 12.0 Å². The van der Waals surface area contributed by atoms with Gasteiger partial charge in [-0.1, -0.05) is 30.3 Å². The van der Waals surface area contributed by atoms with Crippen LogP contribution in [0, 0.1) is 0 Å². The van der Waals surface area contributed by atoms with Crippen LogP contribution in [0.3, 0.4) is 0 Å². The Hall–Kier alpha value is -1.77. The lowest BCUT2D eigenvalue weighted by Gasteiger charge is -2.15. The van der Waals surface area contributed by atoms with E-state index in [0.717, 1.165) is 18.5 Å². The topological polar surface area (TPSA) is 46.3 Å². The fraction of sp³-hybridized carbons (Fsp3) is 0.250. The first-order chi connectivity index (χ1) is 7.27. The molecule has 3 heteroatoms. The third-order valence-electron chi connectivity index (χ3n) is 2.50. The molecule has 1 aromatic carbocycles. The zero-order chi connectivity index (χ0) is 10.7. The summed E-state index contributed by atoms with van der Waals surface area (Å²) in [6, 6.07) is 9.78. The van der Waals surface area contributed by atoms with Gasteiger partial charge in [0.2, 0.25) is 5.91 Å². The molecule has 0 aliphatic carbocycles. The second-order valence-corrected chi connectivity index (χ2v) is 3.63. The minimum atomic E-state index is 0.125. The van der Waals surface area contributed by atoms with E-state index < -0.39 is 0 Å². The number of nitrogens with two attached hydrogens (primary N) is 1. The quantitative estimate of drug-likeness (QED) is 0.791. The fourth-order valence-electron chi connectivity index (χ4n) is 1.72. The van der Waals surface area contributed by atoms with Crippen molar-refractivity contribution in [2.75, 3.05) is 6.54 Å². The maximum absolute atomic E-state index is 11.4. The molecule has 0 spiro atoms. The van der Waals surface area contributed by atoms with Crippen LogP contribution >= 0.6 is 0 Å². The van der Waals surface area contributed by atoms with Crippen LogP contribution in [0.2, 0.25) is 0 Å². The third kappa shape index (κ3) is 2.18. The summed E-state index contributed by atoms with van der Waals surface area (Å²) in [5.41, 5.74) is 6.89. The molecule has 1 saturated heterocycles. The van der Waals surface area contributed by atoms with Gasteiger partial charge in [0.25, 0.3) is 0 Å². The highest BCUT2D eigenvalue weighted by molar-refractivity contribution is 5.80. The summed E-state index contributed by atoms with van der Waals surface area (Å²) in [5, 5.41) is 0. The Morgan fingerprint density at radius 1 is 1.33 bits per heavy atom. The highest BCUT2D eigenvalue weighted by Crippen LogP contribution is 2.15. The molecular weight excluding hydrogens is 188 g/mol. The monoisotopic (exact) mass is 202 g/mol. The molecule has 0 bridgehead atoms. The minimum absolute atomic E-state index is 0.125. The molecule has 15 heavy (non-hydrogen) atoms. The molecule has 0 saturated carbocycles. The van der Waals surface area contributed by atoms with Crippen molar-refractivity contribution < 1.29 is 4.79 Å². The van der Waals surface area contributed by atoms with Gasteiger partial charge in [0.05, 0.1) is 0 Å². The molecule has 1 aliphatic heterocycles. The van der Waals surface area contributed by atoms with Crippen molar-refractivity contribution in [2.24, 2.45) is 5.73 Å². The Kier molecular flexibility index (Phi) is 2.72. The van der Waals surface area contributed by atoms with Crippen LogP contribution in [0.5, 0.6) is 0 Å². The first kappa shape index (κ1) is 9.77. The number of likely N-dealkylation sites (tertiary alicyclic amines) is 1. The van der Waals surface area contributed by atoms with Crippen LogP contribution in [-0.4, -0.2) is 17.4 Å². The van der Waals surface area contributed by atoms with Gasteiger partial charge in [-0.2, -0.15) is 0 Å². The first-order valence-electron chi connectivity index (χ1n) is 5.10. The van der Waals surface area contributed by atoms with Crippen molar-refractivity contribution in [3.8, 4) is 0 Å². The van der Waals surface area contributed by atoms with Gasteiger partial charge >= 0.3 is 0 Å². The number of nitrogens with zero attached hydrogens (tertiary/aromatic N) is 1. The SMILES string of the molecule is N/C(=C\c1ccccc1)N1CCCC1=O. The Bertz CT molecular complexity index is 384. The maximum atomic E-state index is 11.4. The Morgan fingerprint density at radius 3 is 2.67 bits per heavy atom. The largest absolute Gasteiger partial charge is 0.385 e. The lowest BCUT2D eigenvalue weighted by molar-refractivity contribution is -0.126. The third-order valence-corrected chi connectivity index (χ3v) is 2.50. The normalized spacial score (nSPS) is 17.2. The van der Waals surface area contributed by atoms with E-state index in [9.17, 15) is 4.79 Å².